The predicted molar refractivity (Wildman–Crippen MR) is 71.2 cm³/mol. The molecule has 0 amide bonds. The lowest BCUT2D eigenvalue weighted by Gasteiger charge is -2.19. The molecule has 1 N–H and O–H groups in total. The van der Waals surface area contributed by atoms with Crippen LogP contribution in [0.1, 0.15) is 10.4 Å². The Morgan fingerprint density at radius 3 is 2.61 bits per heavy atom. The first-order valence-corrected chi connectivity index (χ1v) is 5.91. The molecule has 92 valence electrons. The van der Waals surface area contributed by atoms with Gasteiger partial charge in [0.05, 0.1) is 0 Å². The highest BCUT2D eigenvalue weighted by molar-refractivity contribution is 9.10. The summed E-state index contributed by atoms with van der Waals surface area (Å²) in [7, 11) is 1.76. The number of rotatable bonds is 3. The van der Waals surface area contributed by atoms with Gasteiger partial charge in [0.1, 0.15) is 11.9 Å². The zero-order chi connectivity index (χ0) is 13.1. The standard InChI is InChI=1S/C12H10BrN3O2/c1-16(9-4-2-8(13)3-5-9)11-10(12(17)18)6-14-7-15-11/h2-7H,1H3,(H,17,18). The molecule has 5 nitrogen and oxygen atoms in total. The molecular weight excluding hydrogens is 298 g/mol. The van der Waals surface area contributed by atoms with Gasteiger partial charge in [0.25, 0.3) is 0 Å². The fourth-order valence-corrected chi connectivity index (χ4v) is 1.79. The first-order chi connectivity index (χ1) is 8.59. The molecule has 0 aliphatic carbocycles. The second kappa shape index (κ2) is 5.14. The molecule has 2 rings (SSSR count). The van der Waals surface area contributed by atoms with E-state index in [1.54, 1.807) is 11.9 Å². The van der Waals surface area contributed by atoms with E-state index in [1.807, 2.05) is 24.3 Å². The summed E-state index contributed by atoms with van der Waals surface area (Å²) in [6.07, 6.45) is 2.62. The van der Waals surface area contributed by atoms with Gasteiger partial charge in [0, 0.05) is 23.4 Å². The summed E-state index contributed by atoms with van der Waals surface area (Å²) in [6.45, 7) is 0. The summed E-state index contributed by atoms with van der Waals surface area (Å²) in [6, 6.07) is 7.51. The highest BCUT2D eigenvalue weighted by atomic mass is 79.9. The van der Waals surface area contributed by atoms with Crippen molar-refractivity contribution in [1.82, 2.24) is 9.97 Å². The van der Waals surface area contributed by atoms with E-state index >= 15 is 0 Å². The van der Waals surface area contributed by atoms with Crippen molar-refractivity contribution in [2.75, 3.05) is 11.9 Å². The highest BCUT2D eigenvalue weighted by Crippen LogP contribution is 2.25. The monoisotopic (exact) mass is 307 g/mol. The second-order valence-corrected chi connectivity index (χ2v) is 4.52. The van der Waals surface area contributed by atoms with Gasteiger partial charge in [-0.3, -0.25) is 0 Å². The van der Waals surface area contributed by atoms with Gasteiger partial charge in [-0.05, 0) is 24.3 Å². The molecule has 0 unspecified atom stereocenters. The minimum absolute atomic E-state index is 0.0721. The first kappa shape index (κ1) is 12.5. The summed E-state index contributed by atoms with van der Waals surface area (Å²) in [4.78, 5) is 20.6. The minimum Gasteiger partial charge on any atom is -0.477 e. The van der Waals surface area contributed by atoms with Crippen LogP contribution in [0.3, 0.4) is 0 Å². The van der Waals surface area contributed by atoms with Crippen LogP contribution < -0.4 is 4.90 Å². The van der Waals surface area contributed by atoms with E-state index in [0.29, 0.717) is 5.82 Å². The van der Waals surface area contributed by atoms with Crippen molar-refractivity contribution in [3.8, 4) is 0 Å². The van der Waals surface area contributed by atoms with Crippen molar-refractivity contribution in [2.45, 2.75) is 0 Å². The van der Waals surface area contributed by atoms with Crippen molar-refractivity contribution in [2.24, 2.45) is 0 Å². The number of carboxylic acids is 1. The third kappa shape index (κ3) is 2.48. The maximum Gasteiger partial charge on any atom is 0.341 e. The van der Waals surface area contributed by atoms with Crippen LogP contribution in [0, 0.1) is 0 Å². The van der Waals surface area contributed by atoms with E-state index in [1.165, 1.54) is 12.5 Å². The predicted octanol–water partition coefficient (Wildman–Crippen LogP) is 2.71. The summed E-state index contributed by atoms with van der Waals surface area (Å²) in [5, 5.41) is 9.09. The van der Waals surface area contributed by atoms with Gasteiger partial charge in [-0.2, -0.15) is 0 Å². The van der Waals surface area contributed by atoms with Crippen LogP contribution in [-0.2, 0) is 0 Å². The largest absolute Gasteiger partial charge is 0.477 e. The molecule has 0 radical (unpaired) electrons. The Hall–Kier alpha value is -1.95. The molecular formula is C12H10BrN3O2. The number of benzene rings is 1. The van der Waals surface area contributed by atoms with Crippen LogP contribution in [0.15, 0.2) is 41.3 Å². The summed E-state index contributed by atoms with van der Waals surface area (Å²) < 4.78 is 0.959. The van der Waals surface area contributed by atoms with Crippen LogP contribution in [0.4, 0.5) is 11.5 Å². The molecule has 1 aromatic heterocycles. The number of aromatic nitrogens is 2. The van der Waals surface area contributed by atoms with E-state index < -0.39 is 5.97 Å². The normalized spacial score (nSPS) is 10.1. The quantitative estimate of drug-likeness (QED) is 0.944. The fourth-order valence-electron chi connectivity index (χ4n) is 1.53. The lowest BCUT2D eigenvalue weighted by Crippen LogP contribution is -2.16. The average Bonchev–Trinajstić information content (AvgIpc) is 2.39. The lowest BCUT2D eigenvalue weighted by atomic mass is 10.2. The molecule has 0 fully saturated rings. The second-order valence-electron chi connectivity index (χ2n) is 3.60. The van der Waals surface area contributed by atoms with Gasteiger partial charge in [-0.15, -0.1) is 0 Å². The van der Waals surface area contributed by atoms with Crippen LogP contribution in [0.2, 0.25) is 0 Å². The number of hydrogen-bond donors (Lipinski definition) is 1. The number of nitrogens with zero attached hydrogens (tertiary/aromatic N) is 3. The van der Waals surface area contributed by atoms with Crippen molar-refractivity contribution in [1.29, 1.82) is 0 Å². The lowest BCUT2D eigenvalue weighted by molar-refractivity contribution is 0.0697. The summed E-state index contributed by atoms with van der Waals surface area (Å²) >= 11 is 3.35. The van der Waals surface area contributed by atoms with Crippen molar-refractivity contribution in [3.05, 3.63) is 46.8 Å². The van der Waals surface area contributed by atoms with Gasteiger partial charge >= 0.3 is 5.97 Å². The number of aromatic carboxylic acids is 1. The average molecular weight is 308 g/mol. The SMILES string of the molecule is CN(c1ccc(Br)cc1)c1ncncc1C(=O)O. The minimum atomic E-state index is -1.05. The molecule has 0 saturated carbocycles. The smallest absolute Gasteiger partial charge is 0.341 e. The molecule has 0 aliphatic rings. The number of hydrogen-bond acceptors (Lipinski definition) is 4. The van der Waals surface area contributed by atoms with Crippen LogP contribution >= 0.6 is 15.9 Å². The topological polar surface area (TPSA) is 66.3 Å². The molecule has 1 aromatic carbocycles. The van der Waals surface area contributed by atoms with Gasteiger partial charge in [-0.25, -0.2) is 14.8 Å². The molecule has 2 aromatic rings. The Bertz CT molecular complexity index is 572. The summed E-state index contributed by atoms with van der Waals surface area (Å²) in [5.74, 6) is -0.686. The molecule has 0 bridgehead atoms. The molecule has 0 atom stereocenters. The maximum absolute atomic E-state index is 11.1. The van der Waals surface area contributed by atoms with E-state index in [0.717, 1.165) is 10.2 Å². The fraction of sp³-hybridized carbons (Fsp3) is 0.0833. The van der Waals surface area contributed by atoms with Gasteiger partial charge in [0.15, 0.2) is 5.82 Å². The van der Waals surface area contributed by atoms with E-state index in [2.05, 4.69) is 25.9 Å². The van der Waals surface area contributed by atoms with E-state index in [-0.39, 0.29) is 5.56 Å². The number of carbonyl (C=O) groups is 1. The molecule has 6 heteroatoms. The third-order valence-corrected chi connectivity index (χ3v) is 2.98. The number of carboxylic acid groups (broad SMARTS) is 1. The highest BCUT2D eigenvalue weighted by Gasteiger charge is 2.16. The van der Waals surface area contributed by atoms with Crippen LogP contribution in [-0.4, -0.2) is 28.1 Å². The van der Waals surface area contributed by atoms with Crippen molar-refractivity contribution >= 4 is 33.4 Å². The molecule has 0 spiro atoms. The van der Waals surface area contributed by atoms with Crippen LogP contribution in [0.5, 0.6) is 0 Å². The molecule has 0 saturated heterocycles. The number of anilines is 2. The van der Waals surface area contributed by atoms with Gasteiger partial charge in [-0.1, -0.05) is 15.9 Å². The van der Waals surface area contributed by atoms with Gasteiger partial charge < -0.3 is 10.0 Å². The Balaban J connectivity index is 2.42. The van der Waals surface area contributed by atoms with Crippen molar-refractivity contribution in [3.63, 3.8) is 0 Å². The van der Waals surface area contributed by atoms with Crippen molar-refractivity contribution < 1.29 is 9.90 Å². The maximum atomic E-state index is 11.1. The first-order valence-electron chi connectivity index (χ1n) is 5.12. The molecule has 1 heterocycles. The Morgan fingerprint density at radius 1 is 1.33 bits per heavy atom. The zero-order valence-corrected chi connectivity index (χ0v) is 11.1. The Morgan fingerprint density at radius 2 is 2.00 bits per heavy atom. The van der Waals surface area contributed by atoms with Crippen LogP contribution in [0.25, 0.3) is 0 Å². The summed E-state index contributed by atoms with van der Waals surface area (Å²) in [5.41, 5.74) is 0.919. The Kier molecular flexibility index (Phi) is 3.57. The molecule has 0 aliphatic heterocycles. The van der Waals surface area contributed by atoms with E-state index in [4.69, 9.17) is 5.11 Å². The molecule has 18 heavy (non-hydrogen) atoms. The van der Waals surface area contributed by atoms with Gasteiger partial charge in [0.2, 0.25) is 0 Å². The van der Waals surface area contributed by atoms with E-state index in [9.17, 15) is 4.79 Å². The zero-order valence-electron chi connectivity index (χ0n) is 9.54. The third-order valence-electron chi connectivity index (χ3n) is 2.45. The Labute approximate surface area is 112 Å². The number of halogens is 1.